The number of hydrogen-bond acceptors (Lipinski definition) is 6. The van der Waals surface area contributed by atoms with E-state index < -0.39 is 5.25 Å². The molecule has 0 saturated heterocycles. The van der Waals surface area contributed by atoms with Crippen LogP contribution in [0.2, 0.25) is 0 Å². The number of nitrogens with zero attached hydrogens (tertiary/aromatic N) is 3. The van der Waals surface area contributed by atoms with Crippen molar-refractivity contribution in [2.45, 2.75) is 69.3 Å². The minimum atomic E-state index is -0.411. The molecule has 1 amide bonds. The summed E-state index contributed by atoms with van der Waals surface area (Å²) in [5.74, 6) is 2.74. The van der Waals surface area contributed by atoms with Gasteiger partial charge in [0.15, 0.2) is 11.0 Å². The third-order valence-corrected chi connectivity index (χ3v) is 8.56. The Bertz CT molecular complexity index is 987. The maximum Gasteiger partial charge on any atom is 0.319 e. The first-order valence-corrected chi connectivity index (χ1v) is 13.0. The number of amides is 1. The summed E-state index contributed by atoms with van der Waals surface area (Å²) >= 11 is 1.32. The van der Waals surface area contributed by atoms with Gasteiger partial charge in [0.05, 0.1) is 13.2 Å². The van der Waals surface area contributed by atoms with Gasteiger partial charge in [0.25, 0.3) is 0 Å². The van der Waals surface area contributed by atoms with E-state index in [0.717, 1.165) is 42.7 Å². The van der Waals surface area contributed by atoms with Gasteiger partial charge in [0.2, 0.25) is 5.91 Å². The Morgan fingerprint density at radius 2 is 1.76 bits per heavy atom. The molecule has 1 N–H and O–H groups in total. The Morgan fingerprint density at radius 1 is 1.12 bits per heavy atom. The van der Waals surface area contributed by atoms with Crippen LogP contribution < -0.4 is 5.32 Å². The molecule has 8 heteroatoms. The molecule has 4 saturated carbocycles. The standard InChI is InChI=1S/C25H32N4O3S/c1-3-32-22(30)16(2)33-24-28-27-21(29(24)20-7-5-4-6-8-20)15-26-23(31)25-12-17-9-18(13-25)11-19(10-17)14-25/h4-8,16-19H,3,9-15H2,1-2H3,(H,26,31)/t16-,17?,18?,19?,25?/m1/s1. The van der Waals surface area contributed by atoms with Crippen molar-refractivity contribution in [3.05, 3.63) is 36.2 Å². The van der Waals surface area contributed by atoms with Crippen LogP contribution in [0.1, 0.15) is 58.2 Å². The largest absolute Gasteiger partial charge is 0.465 e. The normalized spacial score (nSPS) is 28.5. The molecule has 176 valence electrons. The van der Waals surface area contributed by atoms with E-state index >= 15 is 0 Å². The first-order chi connectivity index (χ1) is 16.0. The van der Waals surface area contributed by atoms with Crippen molar-refractivity contribution in [1.29, 1.82) is 0 Å². The second-order valence-electron chi connectivity index (χ2n) is 9.96. The van der Waals surface area contributed by atoms with Gasteiger partial charge in [0.1, 0.15) is 5.25 Å². The average molecular weight is 469 g/mol. The maximum absolute atomic E-state index is 13.4. The summed E-state index contributed by atoms with van der Waals surface area (Å²) < 4.78 is 7.08. The first-order valence-electron chi connectivity index (χ1n) is 12.1. The maximum atomic E-state index is 13.4. The van der Waals surface area contributed by atoms with Crippen LogP contribution in [0.3, 0.4) is 0 Å². The number of esters is 1. The van der Waals surface area contributed by atoms with Crippen LogP contribution in [0.15, 0.2) is 35.5 Å². The molecule has 4 bridgehead atoms. The van der Waals surface area contributed by atoms with Crippen molar-refractivity contribution in [2.75, 3.05) is 6.61 Å². The summed E-state index contributed by atoms with van der Waals surface area (Å²) in [6, 6.07) is 9.82. The van der Waals surface area contributed by atoms with Crippen LogP contribution in [-0.4, -0.2) is 38.5 Å². The third kappa shape index (κ3) is 4.42. The number of ether oxygens (including phenoxy) is 1. The summed E-state index contributed by atoms with van der Waals surface area (Å²) in [5.41, 5.74) is 0.711. The van der Waals surface area contributed by atoms with E-state index in [9.17, 15) is 9.59 Å². The second-order valence-corrected chi connectivity index (χ2v) is 11.3. The number of aromatic nitrogens is 3. The molecular weight excluding hydrogens is 436 g/mol. The fourth-order valence-electron chi connectivity index (χ4n) is 6.53. The van der Waals surface area contributed by atoms with Gasteiger partial charge in [-0.05, 0) is 82.3 Å². The van der Waals surface area contributed by atoms with E-state index in [1.165, 1.54) is 31.0 Å². The lowest BCUT2D eigenvalue weighted by Gasteiger charge is -2.55. The van der Waals surface area contributed by atoms with Crippen molar-refractivity contribution < 1.29 is 14.3 Å². The third-order valence-electron chi connectivity index (χ3n) is 7.54. The number of benzene rings is 1. The minimum Gasteiger partial charge on any atom is -0.465 e. The number of carbonyl (C=O) groups excluding carboxylic acids is 2. The van der Waals surface area contributed by atoms with Gasteiger partial charge in [-0.2, -0.15) is 0 Å². The first kappa shape index (κ1) is 22.4. The molecule has 4 aliphatic carbocycles. The molecule has 7 nitrogen and oxygen atoms in total. The van der Waals surface area contributed by atoms with Crippen molar-refractivity contribution in [2.24, 2.45) is 23.2 Å². The van der Waals surface area contributed by atoms with Crippen LogP contribution in [0.4, 0.5) is 0 Å². The lowest BCUT2D eigenvalue weighted by atomic mass is 9.49. The highest BCUT2D eigenvalue weighted by molar-refractivity contribution is 8.00. The molecule has 1 heterocycles. The highest BCUT2D eigenvalue weighted by Crippen LogP contribution is 2.60. The number of carbonyl (C=O) groups is 2. The summed E-state index contributed by atoms with van der Waals surface area (Å²) in [5, 5.41) is 12.2. The average Bonchev–Trinajstić information content (AvgIpc) is 3.19. The van der Waals surface area contributed by atoms with Crippen molar-refractivity contribution in [3.63, 3.8) is 0 Å². The zero-order chi connectivity index (χ0) is 23.0. The van der Waals surface area contributed by atoms with Crippen LogP contribution in [0, 0.1) is 23.2 Å². The molecule has 2 aromatic rings. The monoisotopic (exact) mass is 468 g/mol. The lowest BCUT2D eigenvalue weighted by Crippen LogP contribution is -2.53. The Balaban J connectivity index is 1.34. The molecule has 0 aliphatic heterocycles. The Hall–Kier alpha value is -2.35. The van der Waals surface area contributed by atoms with Gasteiger partial charge in [-0.1, -0.05) is 30.0 Å². The van der Waals surface area contributed by atoms with Gasteiger partial charge in [-0.25, -0.2) is 0 Å². The van der Waals surface area contributed by atoms with Crippen molar-refractivity contribution in [1.82, 2.24) is 20.1 Å². The number of para-hydroxylation sites is 1. The predicted molar refractivity (Wildman–Crippen MR) is 126 cm³/mol. The van der Waals surface area contributed by atoms with Gasteiger partial charge in [-0.3, -0.25) is 14.2 Å². The molecular formula is C25H32N4O3S. The number of thioether (sulfide) groups is 1. The molecule has 0 unspecified atom stereocenters. The zero-order valence-electron chi connectivity index (χ0n) is 19.3. The van der Waals surface area contributed by atoms with E-state index in [0.29, 0.717) is 24.1 Å². The molecule has 4 aliphatic rings. The van der Waals surface area contributed by atoms with Crippen LogP contribution >= 0.6 is 11.8 Å². The lowest BCUT2D eigenvalue weighted by molar-refractivity contribution is -0.146. The van der Waals surface area contributed by atoms with Crippen LogP contribution in [0.25, 0.3) is 5.69 Å². The SMILES string of the molecule is CCOC(=O)[C@@H](C)Sc1nnc(CNC(=O)C23CC4CC(CC(C4)C2)C3)n1-c1ccccc1. The van der Waals surface area contributed by atoms with E-state index in [4.69, 9.17) is 4.74 Å². The number of hydrogen-bond donors (Lipinski definition) is 1. The van der Waals surface area contributed by atoms with Gasteiger partial charge >= 0.3 is 5.97 Å². The topological polar surface area (TPSA) is 86.1 Å². The highest BCUT2D eigenvalue weighted by Gasteiger charge is 2.54. The van der Waals surface area contributed by atoms with Gasteiger partial charge in [0, 0.05) is 11.1 Å². The van der Waals surface area contributed by atoms with Gasteiger partial charge < -0.3 is 10.1 Å². The van der Waals surface area contributed by atoms with Crippen molar-refractivity contribution in [3.8, 4) is 5.69 Å². The van der Waals surface area contributed by atoms with Crippen LogP contribution in [-0.2, 0) is 20.9 Å². The fraction of sp³-hybridized carbons (Fsp3) is 0.600. The second kappa shape index (κ2) is 9.12. The van der Waals surface area contributed by atoms with E-state index in [1.54, 1.807) is 13.8 Å². The number of rotatable bonds is 8. The minimum absolute atomic E-state index is 0.179. The molecule has 4 fully saturated rings. The predicted octanol–water partition coefficient (Wildman–Crippen LogP) is 4.14. The molecule has 33 heavy (non-hydrogen) atoms. The molecule has 0 spiro atoms. The molecule has 1 aromatic carbocycles. The molecule has 1 atom stereocenters. The Labute approximate surface area is 199 Å². The summed E-state index contributed by atoms with van der Waals surface area (Å²) in [7, 11) is 0. The Morgan fingerprint density at radius 3 is 2.36 bits per heavy atom. The number of nitrogens with one attached hydrogen (secondary N) is 1. The van der Waals surface area contributed by atoms with E-state index in [-0.39, 0.29) is 17.3 Å². The van der Waals surface area contributed by atoms with E-state index in [2.05, 4.69) is 15.5 Å². The molecule has 6 rings (SSSR count). The molecule has 0 radical (unpaired) electrons. The highest BCUT2D eigenvalue weighted by atomic mass is 32.2. The Kier molecular flexibility index (Phi) is 6.20. The smallest absolute Gasteiger partial charge is 0.319 e. The summed E-state index contributed by atoms with van der Waals surface area (Å²) in [6.07, 6.45) is 7.05. The summed E-state index contributed by atoms with van der Waals surface area (Å²) in [6.45, 7) is 4.26. The van der Waals surface area contributed by atoms with Crippen molar-refractivity contribution >= 4 is 23.6 Å². The van der Waals surface area contributed by atoms with Gasteiger partial charge in [-0.15, -0.1) is 10.2 Å². The molecule has 1 aromatic heterocycles. The van der Waals surface area contributed by atoms with E-state index in [1.807, 2.05) is 34.9 Å². The zero-order valence-corrected chi connectivity index (χ0v) is 20.1. The fourth-order valence-corrected chi connectivity index (χ4v) is 7.41. The quantitative estimate of drug-likeness (QED) is 0.463. The van der Waals surface area contributed by atoms with Crippen LogP contribution in [0.5, 0.6) is 0 Å². The summed E-state index contributed by atoms with van der Waals surface area (Å²) in [4.78, 5) is 25.6.